The molecule has 0 bridgehead atoms. The van der Waals surface area contributed by atoms with Crippen molar-refractivity contribution in [1.29, 1.82) is 0 Å². The van der Waals surface area contributed by atoms with Gasteiger partial charge in [0.1, 0.15) is 12.5 Å². The smallest absolute Gasteiger partial charge is 0.341 e. The number of aromatic nitrogens is 1. The number of hydrogen-bond donors (Lipinski definition) is 1. The van der Waals surface area contributed by atoms with Gasteiger partial charge in [0, 0.05) is 23.0 Å². The summed E-state index contributed by atoms with van der Waals surface area (Å²) in [5.41, 5.74) is 2.78. The molecule has 190 valence electrons. The molecule has 0 spiro atoms. The highest BCUT2D eigenvalue weighted by Crippen LogP contribution is 2.34. The molecule has 1 N–H and O–H groups in total. The summed E-state index contributed by atoms with van der Waals surface area (Å²) in [5.74, 6) is 0.419. The number of pyridine rings is 1. The number of nitrogens with one attached hydrogen (secondary N) is 1. The summed E-state index contributed by atoms with van der Waals surface area (Å²) in [7, 11) is 1.52. The number of hydrogen-bond acceptors (Lipinski definition) is 7. The predicted octanol–water partition coefficient (Wildman–Crippen LogP) is 4.67. The Balaban J connectivity index is 1.40. The Morgan fingerprint density at radius 2 is 1.95 bits per heavy atom. The van der Waals surface area contributed by atoms with Gasteiger partial charge in [-0.05, 0) is 53.8 Å². The second kappa shape index (κ2) is 10.9. The van der Waals surface area contributed by atoms with E-state index in [1.165, 1.54) is 7.11 Å². The Labute approximate surface area is 218 Å². The van der Waals surface area contributed by atoms with Crippen molar-refractivity contribution >= 4 is 29.3 Å². The molecule has 9 nitrogen and oxygen atoms in total. The Morgan fingerprint density at radius 1 is 1.08 bits per heavy atom. The number of fused-ring (bicyclic) bond motifs is 1. The molecule has 2 atom stereocenters. The van der Waals surface area contributed by atoms with Crippen molar-refractivity contribution in [3.05, 3.63) is 82.5 Å². The summed E-state index contributed by atoms with van der Waals surface area (Å²) in [6, 6.07) is 14.9. The Hall–Kier alpha value is -4.11. The number of aliphatic imine (C=N–C) groups is 1. The lowest BCUT2D eigenvalue weighted by atomic mass is 9.85. The molecule has 1 aromatic heterocycles. The zero-order valence-electron chi connectivity index (χ0n) is 20.0. The number of carbonyl (C=O) groups excluding carboxylic acids is 2. The first-order valence-corrected chi connectivity index (χ1v) is 12.1. The maximum atomic E-state index is 13.5. The molecule has 0 fully saturated rings. The van der Waals surface area contributed by atoms with Crippen molar-refractivity contribution in [2.45, 2.75) is 25.5 Å². The van der Waals surface area contributed by atoms with Crippen LogP contribution in [0.2, 0.25) is 5.02 Å². The Bertz CT molecular complexity index is 1340. The minimum Gasteiger partial charge on any atom is -0.481 e. The zero-order valence-corrected chi connectivity index (χ0v) is 20.7. The third kappa shape index (κ3) is 5.67. The summed E-state index contributed by atoms with van der Waals surface area (Å²) < 4.78 is 21.7. The number of ether oxygens (including phenoxy) is 4. The summed E-state index contributed by atoms with van der Waals surface area (Å²) >= 11 is 6.07. The standard InChI is InChI=1S/C27H24ClN3O6/c1-34-23-10-7-18(13-29-23)25-24(26(32)35-14-17-3-2-4-19(28)11-17)20(30-27(33)31-25)8-5-16-6-9-21-22(12-16)37-15-36-21/h2-4,6-7,9-13,24-25H,5,8,14-15H2,1H3,(H,31,33). The topological polar surface area (TPSA) is 108 Å². The zero-order chi connectivity index (χ0) is 25.8. The van der Waals surface area contributed by atoms with Crippen LogP contribution in [-0.4, -0.2) is 36.6 Å². The molecule has 2 unspecified atom stereocenters. The van der Waals surface area contributed by atoms with Gasteiger partial charge in [0.05, 0.1) is 13.2 Å². The van der Waals surface area contributed by atoms with Gasteiger partial charge in [-0.3, -0.25) is 4.79 Å². The first-order valence-electron chi connectivity index (χ1n) is 11.7. The second-order valence-electron chi connectivity index (χ2n) is 8.57. The van der Waals surface area contributed by atoms with Crippen molar-refractivity contribution in [2.75, 3.05) is 13.9 Å². The number of rotatable bonds is 8. The molecule has 37 heavy (non-hydrogen) atoms. The molecule has 2 aliphatic heterocycles. The molecule has 0 saturated heterocycles. The van der Waals surface area contributed by atoms with Gasteiger partial charge in [0.25, 0.3) is 0 Å². The molecule has 5 rings (SSSR count). The predicted molar refractivity (Wildman–Crippen MR) is 135 cm³/mol. The average Bonchev–Trinajstić information content (AvgIpc) is 3.38. The molecular weight excluding hydrogens is 498 g/mol. The van der Waals surface area contributed by atoms with Gasteiger partial charge in [-0.1, -0.05) is 35.9 Å². The quantitative estimate of drug-likeness (QED) is 0.429. The van der Waals surface area contributed by atoms with E-state index in [1.807, 2.05) is 24.3 Å². The molecule has 0 radical (unpaired) electrons. The van der Waals surface area contributed by atoms with Gasteiger partial charge in [-0.15, -0.1) is 0 Å². The van der Waals surface area contributed by atoms with E-state index in [4.69, 9.17) is 30.5 Å². The lowest BCUT2D eigenvalue weighted by Crippen LogP contribution is -2.45. The van der Waals surface area contributed by atoms with Crippen LogP contribution in [0.4, 0.5) is 4.79 Å². The SMILES string of the molecule is COc1ccc(C2NC(=O)N=C(CCc3ccc4c(c3)OCO4)C2C(=O)OCc2cccc(Cl)c2)cn1. The fourth-order valence-corrected chi connectivity index (χ4v) is 4.55. The van der Waals surface area contributed by atoms with Gasteiger partial charge in [-0.2, -0.15) is 0 Å². The molecule has 2 amide bonds. The van der Waals surface area contributed by atoms with Crippen molar-refractivity contribution in [1.82, 2.24) is 10.3 Å². The van der Waals surface area contributed by atoms with Crippen LogP contribution < -0.4 is 19.5 Å². The van der Waals surface area contributed by atoms with Crippen LogP contribution in [0.15, 0.2) is 65.8 Å². The molecular formula is C27H24ClN3O6. The first kappa shape index (κ1) is 24.6. The lowest BCUT2D eigenvalue weighted by Gasteiger charge is -2.31. The number of methoxy groups -OCH3 is 1. The van der Waals surface area contributed by atoms with Gasteiger partial charge >= 0.3 is 12.0 Å². The normalized spacial score (nSPS) is 18.1. The van der Waals surface area contributed by atoms with Crippen molar-refractivity contribution < 1.29 is 28.5 Å². The lowest BCUT2D eigenvalue weighted by molar-refractivity contribution is -0.148. The first-order chi connectivity index (χ1) is 18.0. The molecule has 0 aliphatic carbocycles. The van der Waals surface area contributed by atoms with E-state index in [0.717, 1.165) is 11.1 Å². The van der Waals surface area contributed by atoms with Crippen molar-refractivity contribution in [3.8, 4) is 17.4 Å². The van der Waals surface area contributed by atoms with Crippen molar-refractivity contribution in [2.24, 2.45) is 10.9 Å². The number of urea groups is 1. The molecule has 2 aliphatic rings. The average molecular weight is 522 g/mol. The van der Waals surface area contributed by atoms with E-state index < -0.39 is 24.0 Å². The van der Waals surface area contributed by atoms with Gasteiger partial charge in [0.2, 0.25) is 12.7 Å². The minimum absolute atomic E-state index is 0.0346. The summed E-state index contributed by atoms with van der Waals surface area (Å²) in [4.78, 5) is 34.5. The molecule has 3 heterocycles. The van der Waals surface area contributed by atoms with Crippen LogP contribution in [0.25, 0.3) is 0 Å². The monoisotopic (exact) mass is 521 g/mol. The highest BCUT2D eigenvalue weighted by atomic mass is 35.5. The molecule has 10 heteroatoms. The van der Waals surface area contributed by atoms with Crippen LogP contribution in [0.3, 0.4) is 0 Å². The highest BCUT2D eigenvalue weighted by molar-refractivity contribution is 6.30. The second-order valence-corrected chi connectivity index (χ2v) is 9.00. The van der Waals surface area contributed by atoms with Crippen LogP contribution in [0, 0.1) is 5.92 Å². The van der Waals surface area contributed by atoms with Gasteiger partial charge < -0.3 is 24.3 Å². The largest absolute Gasteiger partial charge is 0.481 e. The fourth-order valence-electron chi connectivity index (χ4n) is 4.34. The minimum atomic E-state index is -0.846. The molecule has 2 aromatic carbocycles. The molecule has 3 aromatic rings. The van der Waals surface area contributed by atoms with E-state index in [0.29, 0.717) is 46.5 Å². The number of carbonyl (C=O) groups is 2. The number of esters is 1. The third-order valence-corrected chi connectivity index (χ3v) is 6.41. The van der Waals surface area contributed by atoms with Gasteiger partial charge in [-0.25, -0.2) is 14.8 Å². The number of halogens is 1. The van der Waals surface area contributed by atoms with E-state index in [1.54, 1.807) is 36.5 Å². The molecule has 0 saturated carbocycles. The Kier molecular flexibility index (Phi) is 7.23. The van der Waals surface area contributed by atoms with Crippen LogP contribution in [0.1, 0.15) is 29.2 Å². The third-order valence-electron chi connectivity index (χ3n) is 6.17. The van der Waals surface area contributed by atoms with Crippen LogP contribution in [0.5, 0.6) is 17.4 Å². The summed E-state index contributed by atoms with van der Waals surface area (Å²) in [6.45, 7) is 0.219. The highest BCUT2D eigenvalue weighted by Gasteiger charge is 2.40. The van der Waals surface area contributed by atoms with E-state index in [2.05, 4.69) is 15.3 Å². The summed E-state index contributed by atoms with van der Waals surface area (Å²) in [5, 5.41) is 3.35. The van der Waals surface area contributed by atoms with Crippen molar-refractivity contribution in [3.63, 3.8) is 0 Å². The van der Waals surface area contributed by atoms with Crippen LogP contribution >= 0.6 is 11.6 Å². The fraction of sp³-hybridized carbons (Fsp3) is 0.259. The van der Waals surface area contributed by atoms with Gasteiger partial charge in [0.15, 0.2) is 11.5 Å². The Morgan fingerprint density at radius 3 is 2.73 bits per heavy atom. The van der Waals surface area contributed by atoms with E-state index >= 15 is 0 Å². The van der Waals surface area contributed by atoms with E-state index in [9.17, 15) is 9.59 Å². The van der Waals surface area contributed by atoms with E-state index in [-0.39, 0.29) is 13.4 Å². The van der Waals surface area contributed by atoms with Crippen LogP contribution in [-0.2, 0) is 22.6 Å². The maximum Gasteiger partial charge on any atom is 0.341 e. The number of amides is 2. The maximum absolute atomic E-state index is 13.5. The number of aryl methyl sites for hydroxylation is 1. The number of benzene rings is 2. The summed E-state index contributed by atoms with van der Waals surface area (Å²) in [6.07, 6.45) is 2.47. The number of nitrogens with zero attached hydrogens (tertiary/aromatic N) is 2.